The third kappa shape index (κ3) is 2.53. The van der Waals surface area contributed by atoms with Crippen molar-refractivity contribution in [3.05, 3.63) is 53.4 Å². The van der Waals surface area contributed by atoms with Gasteiger partial charge in [-0.15, -0.1) is 0 Å². The Labute approximate surface area is 109 Å². The fraction of sp³-hybridized carbons (Fsp3) is 0.143. The number of aromatic nitrogens is 2. The Morgan fingerprint density at radius 3 is 2.94 bits per heavy atom. The Morgan fingerprint density at radius 1 is 1.61 bits per heavy atom. The first-order chi connectivity index (χ1) is 9.97. The smallest absolute Gasteiger partial charge is 0.178 e. The molecule has 0 bridgehead atoms. The molecule has 0 saturated carbocycles. The molecule has 0 spiro atoms. The molecule has 0 aliphatic rings. The summed E-state index contributed by atoms with van der Waals surface area (Å²) in [5.74, 6) is -1.06. The maximum absolute atomic E-state index is 13.1. The second kappa shape index (κ2) is 4.96. The molecular formula is C14H15FN2O. The molecule has 0 atom stereocenters. The normalized spacial score (nSPS) is 12.8. The van der Waals surface area contributed by atoms with E-state index < -0.39 is 12.1 Å². The van der Waals surface area contributed by atoms with Gasteiger partial charge in [-0.1, -0.05) is 6.07 Å². The summed E-state index contributed by atoms with van der Waals surface area (Å²) in [4.78, 5) is 14.7. The lowest BCUT2D eigenvalue weighted by Gasteiger charge is -2.07. The number of aryl methyl sites for hydroxylation is 2. The van der Waals surface area contributed by atoms with Crippen molar-refractivity contribution in [3.8, 4) is 5.69 Å². The molecule has 1 heterocycles. The monoisotopic (exact) mass is 249 g/mol. The van der Waals surface area contributed by atoms with Gasteiger partial charge >= 0.3 is 0 Å². The molecule has 0 unspecified atom stereocenters. The highest BCUT2D eigenvalue weighted by Gasteiger charge is 2.03. The number of rotatable bonds is 3. The molecule has 2 rings (SSSR count). The number of imidazole rings is 1. The average Bonchev–Trinajstić information content (AvgIpc) is 2.87. The summed E-state index contributed by atoms with van der Waals surface area (Å²) < 4.78 is 31.6. The highest BCUT2D eigenvalue weighted by Crippen LogP contribution is 2.18. The van der Waals surface area contributed by atoms with Crippen LogP contribution in [0.4, 0.5) is 4.39 Å². The summed E-state index contributed by atoms with van der Waals surface area (Å²) in [6.45, 7) is 3.79. The van der Waals surface area contributed by atoms with Gasteiger partial charge in [0.15, 0.2) is 12.1 Å². The van der Waals surface area contributed by atoms with E-state index in [2.05, 4.69) is 4.98 Å². The summed E-state index contributed by atoms with van der Waals surface area (Å²) in [5, 5.41) is 0. The number of hydrogen-bond donors (Lipinski definition) is 0. The standard InChI is InChI=1S/C14H13FN2O.H2/c1-10-5-12(6-13(15)8-18)3-4-14(10)17-7-11(2)16-9-17;/h3-9H,1-2H3;1H/b13-6+;/i8D;1+1D. The van der Waals surface area contributed by atoms with Crippen LogP contribution >= 0.6 is 0 Å². The number of allylic oxidation sites excluding steroid dienone is 1. The van der Waals surface area contributed by atoms with E-state index in [1.165, 1.54) is 0 Å². The minimum atomic E-state index is -1.31. The number of aldehydes is 1. The number of benzene rings is 1. The fourth-order valence-electron chi connectivity index (χ4n) is 1.79. The average molecular weight is 249 g/mol. The Balaban J connectivity index is 0.00000106. The highest BCUT2D eigenvalue weighted by molar-refractivity contribution is 5.78. The van der Waals surface area contributed by atoms with Crippen molar-refractivity contribution < 1.29 is 13.5 Å². The lowest BCUT2D eigenvalue weighted by atomic mass is 10.1. The molecule has 94 valence electrons. The summed E-state index contributed by atoms with van der Waals surface area (Å²) >= 11 is 0. The van der Waals surface area contributed by atoms with E-state index in [1.807, 2.05) is 30.7 Å². The zero-order chi connectivity index (χ0) is 16.0. The maximum Gasteiger partial charge on any atom is 0.178 e. The molecule has 3 nitrogen and oxygen atoms in total. The molecular weight excluding hydrogens is 231 g/mol. The number of hydrogen-bond acceptors (Lipinski definition) is 2. The van der Waals surface area contributed by atoms with Crippen LogP contribution in [0.25, 0.3) is 11.8 Å². The summed E-state index contributed by atoms with van der Waals surface area (Å²) in [7, 11) is 0. The number of nitrogens with zero attached hydrogens (tertiary/aromatic N) is 2. The van der Waals surface area contributed by atoms with Crippen molar-refractivity contribution in [2.45, 2.75) is 13.8 Å². The molecule has 0 radical (unpaired) electrons. The predicted molar refractivity (Wildman–Crippen MR) is 70.3 cm³/mol. The van der Waals surface area contributed by atoms with Crippen LogP contribution in [0.3, 0.4) is 0 Å². The molecule has 0 amide bonds. The van der Waals surface area contributed by atoms with Gasteiger partial charge in [-0.2, -0.15) is 0 Å². The summed E-state index contributed by atoms with van der Waals surface area (Å²) in [6.07, 6.45) is 3.35. The molecule has 0 N–H and O–H groups in total. The van der Waals surface area contributed by atoms with E-state index in [1.54, 1.807) is 18.5 Å². The van der Waals surface area contributed by atoms with Crippen LogP contribution in [0.15, 0.2) is 36.6 Å². The van der Waals surface area contributed by atoms with Gasteiger partial charge < -0.3 is 4.57 Å². The molecule has 0 aliphatic carbocycles. The Hall–Kier alpha value is -2.23. The van der Waals surface area contributed by atoms with Gasteiger partial charge in [-0.3, -0.25) is 4.79 Å². The van der Waals surface area contributed by atoms with Crippen LogP contribution in [0, 0.1) is 13.8 Å². The molecule has 0 aliphatic heterocycles. The second-order valence-corrected chi connectivity index (χ2v) is 4.06. The molecule has 1 aromatic carbocycles. The molecule has 0 fully saturated rings. The van der Waals surface area contributed by atoms with E-state index in [0.717, 1.165) is 23.0 Å². The Bertz CT molecular complexity index is 668. The molecule has 1 aromatic heterocycles. The van der Waals surface area contributed by atoms with Crippen molar-refractivity contribution in [2.24, 2.45) is 0 Å². The minimum Gasteiger partial charge on any atom is -0.306 e. The van der Waals surface area contributed by atoms with Crippen LogP contribution < -0.4 is 0 Å². The van der Waals surface area contributed by atoms with Crippen LogP contribution in [0.5, 0.6) is 0 Å². The minimum absolute atomic E-state index is 0.552. The van der Waals surface area contributed by atoms with E-state index in [9.17, 15) is 9.18 Å². The first kappa shape index (κ1) is 9.76. The van der Waals surface area contributed by atoms with Crippen LogP contribution in [-0.2, 0) is 4.79 Å². The topological polar surface area (TPSA) is 34.9 Å². The largest absolute Gasteiger partial charge is 0.306 e. The third-order valence-electron chi connectivity index (χ3n) is 2.60. The maximum atomic E-state index is 13.1. The molecule has 4 heteroatoms. The number of halogens is 1. The highest BCUT2D eigenvalue weighted by atomic mass is 19.1. The van der Waals surface area contributed by atoms with Crippen molar-refractivity contribution in [1.82, 2.24) is 9.55 Å². The van der Waals surface area contributed by atoms with E-state index >= 15 is 0 Å². The second-order valence-electron chi connectivity index (χ2n) is 4.06. The van der Waals surface area contributed by atoms with Gasteiger partial charge in [0.25, 0.3) is 0 Å². The fourth-order valence-corrected chi connectivity index (χ4v) is 1.79. The number of carbonyl (C=O) groups is 1. The van der Waals surface area contributed by atoms with Gasteiger partial charge in [0.2, 0.25) is 0 Å². The lowest BCUT2D eigenvalue weighted by Crippen LogP contribution is -1.94. The van der Waals surface area contributed by atoms with Gasteiger partial charge in [0.1, 0.15) is 1.37 Å². The third-order valence-corrected chi connectivity index (χ3v) is 2.60. The van der Waals surface area contributed by atoms with Gasteiger partial charge in [0, 0.05) is 14.9 Å². The van der Waals surface area contributed by atoms with Gasteiger partial charge in [0.05, 0.1) is 12.0 Å². The Morgan fingerprint density at radius 2 is 2.39 bits per heavy atom. The Kier molecular flexibility index (Phi) is 2.69. The molecule has 18 heavy (non-hydrogen) atoms. The van der Waals surface area contributed by atoms with Crippen LogP contribution in [-0.4, -0.2) is 15.8 Å². The first-order valence-electron chi connectivity index (χ1n) is 6.97. The first-order valence-corrected chi connectivity index (χ1v) is 5.47. The van der Waals surface area contributed by atoms with Crippen LogP contribution in [0.2, 0.25) is 0 Å². The van der Waals surface area contributed by atoms with Crippen molar-refractivity contribution in [2.75, 3.05) is 0 Å². The SMILES string of the molecule is [2H]C(=O)/C(F)=C\c1ccc(-n2cnc(C)c2)c(C)c1.[2H][2H]. The van der Waals surface area contributed by atoms with Gasteiger partial charge in [-0.05, 0) is 43.2 Å². The quantitative estimate of drug-likeness (QED) is 0.618. The van der Waals surface area contributed by atoms with Gasteiger partial charge in [-0.25, -0.2) is 9.37 Å². The van der Waals surface area contributed by atoms with Crippen molar-refractivity contribution >= 4 is 12.3 Å². The zero-order valence-corrected chi connectivity index (χ0v) is 10.1. The number of carbonyl (C=O) groups excluding carboxylic acids is 1. The molecule has 2 aromatic rings. The summed E-state index contributed by atoms with van der Waals surface area (Å²) in [6, 6.07) is 5.28. The van der Waals surface area contributed by atoms with E-state index in [-0.39, 0.29) is 0 Å². The lowest BCUT2D eigenvalue weighted by molar-refractivity contribution is -0.106. The van der Waals surface area contributed by atoms with E-state index in [0.29, 0.717) is 5.56 Å². The summed E-state index contributed by atoms with van der Waals surface area (Å²) in [5.41, 5.74) is 3.33. The van der Waals surface area contributed by atoms with Crippen LogP contribution in [0.1, 0.15) is 21.2 Å². The zero-order valence-electron chi connectivity index (χ0n) is 13.1. The van der Waals surface area contributed by atoms with Crippen molar-refractivity contribution in [1.29, 1.82) is 0 Å². The molecule has 0 saturated heterocycles. The van der Waals surface area contributed by atoms with Crippen molar-refractivity contribution in [3.63, 3.8) is 0 Å². The predicted octanol–water partition coefficient (Wildman–Crippen LogP) is 3.24. The van der Waals surface area contributed by atoms with E-state index in [4.69, 9.17) is 4.34 Å².